The number of methoxy groups -OCH3 is 1. The molecule has 0 saturated heterocycles. The van der Waals surface area contributed by atoms with Gasteiger partial charge >= 0.3 is 0 Å². The third kappa shape index (κ3) is 4.03. The number of hydrogen-bond acceptors (Lipinski definition) is 3. The zero-order valence-electron chi connectivity index (χ0n) is 10.1. The van der Waals surface area contributed by atoms with Crippen molar-refractivity contribution in [2.45, 2.75) is 6.04 Å². The van der Waals surface area contributed by atoms with E-state index >= 15 is 0 Å². The Balaban J connectivity index is 2.84. The highest BCUT2D eigenvalue weighted by Gasteiger charge is 2.16. The Labute approximate surface area is 100 Å². The molecule has 0 spiro atoms. The van der Waals surface area contributed by atoms with E-state index in [9.17, 15) is 8.78 Å². The largest absolute Gasteiger partial charge is 0.383 e. The summed E-state index contributed by atoms with van der Waals surface area (Å²) in [4.78, 5) is 1.91. The normalized spacial score (nSPS) is 13.1. The molecule has 96 valence electrons. The first kappa shape index (κ1) is 14.0. The molecule has 1 rings (SSSR count). The summed E-state index contributed by atoms with van der Waals surface area (Å²) in [6.07, 6.45) is 0. The molecular formula is C12H18F2N2O. The lowest BCUT2D eigenvalue weighted by Gasteiger charge is -2.27. The predicted molar refractivity (Wildman–Crippen MR) is 62.7 cm³/mol. The first-order valence-corrected chi connectivity index (χ1v) is 5.43. The fourth-order valence-corrected chi connectivity index (χ4v) is 1.73. The first-order chi connectivity index (χ1) is 8.08. The van der Waals surface area contributed by atoms with Gasteiger partial charge in [0.15, 0.2) is 0 Å². The standard InChI is InChI=1S/C12H18F2N2O/c1-16(3-4-17-2)12(8-15)9-5-10(13)7-11(14)6-9/h5-7,12H,3-4,8,15H2,1-2H3. The highest BCUT2D eigenvalue weighted by Crippen LogP contribution is 2.20. The highest BCUT2D eigenvalue weighted by atomic mass is 19.1. The van der Waals surface area contributed by atoms with Gasteiger partial charge in [0.2, 0.25) is 0 Å². The Morgan fingerprint density at radius 2 is 1.88 bits per heavy atom. The van der Waals surface area contributed by atoms with Gasteiger partial charge in [-0.1, -0.05) is 0 Å². The van der Waals surface area contributed by atoms with E-state index in [2.05, 4.69) is 0 Å². The number of ether oxygens (including phenoxy) is 1. The molecular weight excluding hydrogens is 226 g/mol. The average molecular weight is 244 g/mol. The van der Waals surface area contributed by atoms with Crippen molar-refractivity contribution in [3.8, 4) is 0 Å². The lowest BCUT2D eigenvalue weighted by Crippen LogP contribution is -2.33. The zero-order valence-corrected chi connectivity index (χ0v) is 10.1. The number of rotatable bonds is 6. The molecule has 0 aliphatic rings. The molecule has 1 aromatic rings. The summed E-state index contributed by atoms with van der Waals surface area (Å²) in [6.45, 7) is 1.49. The number of hydrogen-bond donors (Lipinski definition) is 1. The van der Waals surface area contributed by atoms with E-state index in [1.807, 2.05) is 11.9 Å². The molecule has 2 N–H and O–H groups in total. The summed E-state index contributed by atoms with van der Waals surface area (Å²) >= 11 is 0. The van der Waals surface area contributed by atoms with Crippen LogP contribution in [0.25, 0.3) is 0 Å². The van der Waals surface area contributed by atoms with E-state index in [4.69, 9.17) is 10.5 Å². The van der Waals surface area contributed by atoms with Crippen molar-refractivity contribution < 1.29 is 13.5 Å². The van der Waals surface area contributed by atoms with Crippen LogP contribution < -0.4 is 5.73 Å². The second-order valence-corrected chi connectivity index (χ2v) is 3.93. The molecule has 0 aliphatic carbocycles. The molecule has 1 unspecified atom stereocenters. The monoisotopic (exact) mass is 244 g/mol. The quantitative estimate of drug-likeness (QED) is 0.825. The third-order valence-electron chi connectivity index (χ3n) is 2.67. The summed E-state index contributed by atoms with van der Waals surface area (Å²) < 4.78 is 31.2. The number of halogens is 2. The van der Waals surface area contributed by atoms with E-state index in [-0.39, 0.29) is 6.04 Å². The molecule has 17 heavy (non-hydrogen) atoms. The van der Waals surface area contributed by atoms with Gasteiger partial charge in [-0.15, -0.1) is 0 Å². The van der Waals surface area contributed by atoms with Crippen LogP contribution in [-0.4, -0.2) is 38.8 Å². The van der Waals surface area contributed by atoms with Crippen molar-refractivity contribution in [2.24, 2.45) is 5.73 Å². The van der Waals surface area contributed by atoms with Gasteiger partial charge in [0.05, 0.1) is 6.61 Å². The van der Waals surface area contributed by atoms with E-state index < -0.39 is 11.6 Å². The maximum absolute atomic E-state index is 13.1. The smallest absolute Gasteiger partial charge is 0.126 e. The molecule has 0 amide bonds. The zero-order chi connectivity index (χ0) is 12.8. The molecule has 0 fully saturated rings. The van der Waals surface area contributed by atoms with E-state index in [0.29, 0.717) is 25.3 Å². The number of nitrogens with two attached hydrogens (primary N) is 1. The Kier molecular flexibility index (Phi) is 5.47. The second kappa shape index (κ2) is 6.64. The van der Waals surface area contributed by atoms with E-state index in [1.54, 1.807) is 7.11 Å². The molecule has 0 saturated carbocycles. The molecule has 0 aromatic heterocycles. The van der Waals surface area contributed by atoms with Crippen LogP contribution >= 0.6 is 0 Å². The lowest BCUT2D eigenvalue weighted by molar-refractivity contribution is 0.140. The summed E-state index contributed by atoms with van der Waals surface area (Å²) in [5.41, 5.74) is 6.20. The number of likely N-dealkylation sites (N-methyl/N-ethyl adjacent to an activating group) is 1. The molecule has 0 aliphatic heterocycles. The van der Waals surface area contributed by atoms with Crippen LogP contribution in [0.15, 0.2) is 18.2 Å². The predicted octanol–water partition coefficient (Wildman–Crippen LogP) is 1.54. The third-order valence-corrected chi connectivity index (χ3v) is 2.67. The van der Waals surface area contributed by atoms with Gasteiger partial charge in [-0.2, -0.15) is 0 Å². The van der Waals surface area contributed by atoms with Crippen molar-refractivity contribution in [1.29, 1.82) is 0 Å². The van der Waals surface area contributed by atoms with Crippen LogP contribution in [0.4, 0.5) is 8.78 Å². The maximum atomic E-state index is 13.1. The van der Waals surface area contributed by atoms with E-state index in [1.165, 1.54) is 12.1 Å². The summed E-state index contributed by atoms with van der Waals surface area (Å²) in [5.74, 6) is -1.17. The minimum Gasteiger partial charge on any atom is -0.383 e. The topological polar surface area (TPSA) is 38.5 Å². The fraction of sp³-hybridized carbons (Fsp3) is 0.500. The van der Waals surface area contributed by atoms with Gasteiger partial charge < -0.3 is 10.5 Å². The van der Waals surface area contributed by atoms with Crippen LogP contribution in [0.1, 0.15) is 11.6 Å². The van der Waals surface area contributed by atoms with Gasteiger partial charge in [0, 0.05) is 32.3 Å². The van der Waals surface area contributed by atoms with Gasteiger partial charge in [0.25, 0.3) is 0 Å². The van der Waals surface area contributed by atoms with Crippen LogP contribution in [0.3, 0.4) is 0 Å². The van der Waals surface area contributed by atoms with Gasteiger partial charge in [-0.3, -0.25) is 4.90 Å². The van der Waals surface area contributed by atoms with Crippen LogP contribution in [0.2, 0.25) is 0 Å². The van der Waals surface area contributed by atoms with Crippen LogP contribution in [0.5, 0.6) is 0 Å². The van der Waals surface area contributed by atoms with Crippen LogP contribution in [0, 0.1) is 11.6 Å². The molecule has 1 aromatic carbocycles. The van der Waals surface area contributed by atoms with Crippen molar-refractivity contribution >= 4 is 0 Å². The van der Waals surface area contributed by atoms with Crippen molar-refractivity contribution in [1.82, 2.24) is 4.90 Å². The van der Waals surface area contributed by atoms with Gasteiger partial charge in [-0.05, 0) is 24.7 Å². The summed E-state index contributed by atoms with van der Waals surface area (Å²) in [6, 6.07) is 3.26. The molecule has 0 heterocycles. The average Bonchev–Trinajstić information content (AvgIpc) is 2.26. The Bertz CT molecular complexity index is 340. The molecule has 1 atom stereocenters. The van der Waals surface area contributed by atoms with Gasteiger partial charge in [0.1, 0.15) is 11.6 Å². The second-order valence-electron chi connectivity index (χ2n) is 3.93. The van der Waals surface area contributed by atoms with Gasteiger partial charge in [-0.25, -0.2) is 8.78 Å². The molecule has 5 heteroatoms. The Morgan fingerprint density at radius 3 is 2.35 bits per heavy atom. The molecule has 0 radical (unpaired) electrons. The highest BCUT2D eigenvalue weighted by molar-refractivity contribution is 5.21. The van der Waals surface area contributed by atoms with Crippen molar-refractivity contribution in [2.75, 3.05) is 33.9 Å². The fourth-order valence-electron chi connectivity index (χ4n) is 1.73. The maximum Gasteiger partial charge on any atom is 0.126 e. The van der Waals surface area contributed by atoms with E-state index in [0.717, 1.165) is 6.07 Å². The SMILES string of the molecule is COCCN(C)C(CN)c1cc(F)cc(F)c1. The molecule has 0 bridgehead atoms. The van der Waals surface area contributed by atoms with Crippen molar-refractivity contribution in [3.63, 3.8) is 0 Å². The number of benzene rings is 1. The minimum absolute atomic E-state index is 0.213. The van der Waals surface area contributed by atoms with Crippen molar-refractivity contribution in [3.05, 3.63) is 35.4 Å². The Morgan fingerprint density at radius 1 is 1.29 bits per heavy atom. The summed E-state index contributed by atoms with van der Waals surface area (Å²) in [5, 5.41) is 0. The lowest BCUT2D eigenvalue weighted by atomic mass is 10.1. The summed E-state index contributed by atoms with van der Waals surface area (Å²) in [7, 11) is 3.45. The first-order valence-electron chi connectivity index (χ1n) is 5.43. The van der Waals surface area contributed by atoms with Crippen LogP contribution in [-0.2, 0) is 4.74 Å². The number of nitrogens with zero attached hydrogens (tertiary/aromatic N) is 1. The minimum atomic E-state index is -0.585. The molecule has 3 nitrogen and oxygen atoms in total. The Hall–Kier alpha value is -1.04.